The third-order valence-electron chi connectivity index (χ3n) is 5.00. The van der Waals surface area contributed by atoms with E-state index in [9.17, 15) is 29.1 Å². The van der Waals surface area contributed by atoms with E-state index in [1.165, 1.54) is 6.92 Å². The van der Waals surface area contributed by atoms with Crippen molar-refractivity contribution in [1.82, 2.24) is 21.3 Å². The van der Waals surface area contributed by atoms with Crippen LogP contribution in [0, 0.1) is 0 Å². The van der Waals surface area contributed by atoms with Crippen LogP contribution < -0.4 is 32.7 Å². The minimum Gasteiger partial charge on any atom is -0.480 e. The summed E-state index contributed by atoms with van der Waals surface area (Å²) in [6, 6.07) is -3.63. The van der Waals surface area contributed by atoms with Crippen molar-refractivity contribution < 1.29 is 29.1 Å². The molecular weight excluding hydrogens is 408 g/mol. The van der Waals surface area contributed by atoms with E-state index in [-0.39, 0.29) is 31.2 Å². The second-order valence-electron chi connectivity index (χ2n) is 7.63. The first-order chi connectivity index (χ1) is 14.6. The molecule has 0 aromatic rings. The van der Waals surface area contributed by atoms with Gasteiger partial charge in [0.05, 0.1) is 6.04 Å². The fourth-order valence-electron chi connectivity index (χ4n) is 3.16. The minimum absolute atomic E-state index is 0.104. The molecule has 9 N–H and O–H groups in total. The van der Waals surface area contributed by atoms with Gasteiger partial charge in [-0.15, -0.1) is 0 Å². The van der Waals surface area contributed by atoms with Gasteiger partial charge in [-0.3, -0.25) is 19.2 Å². The van der Waals surface area contributed by atoms with Crippen molar-refractivity contribution in [2.45, 2.75) is 76.0 Å². The van der Waals surface area contributed by atoms with E-state index in [0.29, 0.717) is 25.8 Å². The van der Waals surface area contributed by atoms with E-state index in [1.807, 2.05) is 0 Å². The van der Waals surface area contributed by atoms with Gasteiger partial charge < -0.3 is 37.8 Å². The van der Waals surface area contributed by atoms with Gasteiger partial charge in [0.2, 0.25) is 23.6 Å². The predicted octanol–water partition coefficient (Wildman–Crippen LogP) is -2.31. The van der Waals surface area contributed by atoms with Crippen LogP contribution in [0.4, 0.5) is 0 Å². The van der Waals surface area contributed by atoms with Crippen LogP contribution in [0.5, 0.6) is 0 Å². The molecule has 12 nitrogen and oxygen atoms in total. The molecule has 0 spiro atoms. The zero-order chi connectivity index (χ0) is 23.4. The highest BCUT2D eigenvalue weighted by molar-refractivity contribution is 5.94. The van der Waals surface area contributed by atoms with Crippen LogP contribution in [0.2, 0.25) is 0 Å². The summed E-state index contributed by atoms with van der Waals surface area (Å²) < 4.78 is 0. The van der Waals surface area contributed by atoms with Crippen molar-refractivity contribution in [2.24, 2.45) is 11.5 Å². The summed E-state index contributed by atoms with van der Waals surface area (Å²) in [7, 11) is 0. The van der Waals surface area contributed by atoms with Crippen molar-refractivity contribution in [1.29, 1.82) is 0 Å². The Morgan fingerprint density at radius 3 is 2.26 bits per heavy atom. The Balaban J connectivity index is 2.72. The number of carboxylic acid groups (broad SMARTS) is 1. The lowest BCUT2D eigenvalue weighted by Crippen LogP contribution is -2.56. The van der Waals surface area contributed by atoms with E-state index in [0.717, 1.165) is 13.0 Å². The largest absolute Gasteiger partial charge is 0.480 e. The van der Waals surface area contributed by atoms with Gasteiger partial charge in [-0.2, -0.15) is 0 Å². The molecule has 0 radical (unpaired) electrons. The first-order valence-corrected chi connectivity index (χ1v) is 10.5. The summed E-state index contributed by atoms with van der Waals surface area (Å²) in [5, 5.41) is 19.8. The normalized spacial score (nSPS) is 18.5. The number of hydrogen-bond acceptors (Lipinski definition) is 7. The third kappa shape index (κ3) is 9.75. The van der Waals surface area contributed by atoms with Crippen LogP contribution in [0.1, 0.15) is 51.9 Å². The molecule has 0 aromatic carbocycles. The third-order valence-corrected chi connectivity index (χ3v) is 5.00. The molecule has 12 heteroatoms. The van der Waals surface area contributed by atoms with Gasteiger partial charge in [0.25, 0.3) is 0 Å². The monoisotopic (exact) mass is 442 g/mol. The summed E-state index contributed by atoms with van der Waals surface area (Å²) in [4.78, 5) is 59.9. The van der Waals surface area contributed by atoms with Crippen LogP contribution in [-0.4, -0.2) is 72.0 Å². The molecule has 176 valence electrons. The number of carbonyl (C=O) groups is 5. The van der Waals surface area contributed by atoms with Gasteiger partial charge >= 0.3 is 5.97 Å². The van der Waals surface area contributed by atoms with Crippen LogP contribution in [0.15, 0.2) is 0 Å². The molecule has 0 aliphatic carbocycles. The second-order valence-corrected chi connectivity index (χ2v) is 7.63. The molecule has 1 aliphatic heterocycles. The maximum absolute atomic E-state index is 12.6. The Morgan fingerprint density at radius 1 is 1.03 bits per heavy atom. The molecule has 0 saturated carbocycles. The molecule has 4 unspecified atom stereocenters. The number of hydrogen-bond donors (Lipinski definition) is 7. The average molecular weight is 443 g/mol. The Labute approximate surface area is 181 Å². The SMILES string of the molecule is CC(NC(=O)C1CCCN1)C(=O)NC(CCC(N)=O)C(=O)NC(CCCCN)C(=O)O. The van der Waals surface area contributed by atoms with Crippen LogP contribution in [-0.2, 0) is 24.0 Å². The molecular formula is C19H34N6O6. The molecule has 1 saturated heterocycles. The van der Waals surface area contributed by atoms with Crippen molar-refractivity contribution in [3.8, 4) is 0 Å². The van der Waals surface area contributed by atoms with E-state index in [2.05, 4.69) is 21.3 Å². The fourth-order valence-corrected chi connectivity index (χ4v) is 3.16. The summed E-state index contributed by atoms with van der Waals surface area (Å²) in [5.41, 5.74) is 10.6. The van der Waals surface area contributed by atoms with E-state index < -0.39 is 41.8 Å². The highest BCUT2D eigenvalue weighted by Gasteiger charge is 2.29. The quantitative estimate of drug-likeness (QED) is 0.145. The molecule has 0 aromatic heterocycles. The van der Waals surface area contributed by atoms with Gasteiger partial charge in [0.1, 0.15) is 18.1 Å². The molecule has 1 aliphatic rings. The first kappa shape index (κ1) is 26.3. The number of carboxylic acids is 1. The predicted molar refractivity (Wildman–Crippen MR) is 111 cm³/mol. The summed E-state index contributed by atoms with van der Waals surface area (Å²) in [6.45, 7) is 2.60. The number of aliphatic carboxylic acids is 1. The number of unbranched alkanes of at least 4 members (excludes halogenated alkanes) is 1. The smallest absolute Gasteiger partial charge is 0.326 e. The summed E-state index contributed by atoms with van der Waals surface area (Å²) >= 11 is 0. The maximum atomic E-state index is 12.6. The lowest BCUT2D eigenvalue weighted by atomic mass is 10.1. The number of carbonyl (C=O) groups excluding carboxylic acids is 4. The van der Waals surface area contributed by atoms with Crippen LogP contribution in [0.25, 0.3) is 0 Å². The zero-order valence-corrected chi connectivity index (χ0v) is 17.8. The molecule has 1 rings (SSSR count). The van der Waals surface area contributed by atoms with E-state index in [1.54, 1.807) is 0 Å². The molecule has 1 fully saturated rings. The van der Waals surface area contributed by atoms with Crippen molar-refractivity contribution in [2.75, 3.05) is 13.1 Å². The fraction of sp³-hybridized carbons (Fsp3) is 0.737. The molecule has 31 heavy (non-hydrogen) atoms. The lowest BCUT2D eigenvalue weighted by Gasteiger charge is -2.23. The molecule has 0 bridgehead atoms. The standard InChI is InChI=1S/C19H34N6O6/c1-11(23-17(28)12-6-4-10-22-12)16(27)24-13(7-8-15(21)26)18(29)25-14(19(30)31)5-2-3-9-20/h11-14,22H,2-10,20H2,1H3,(H2,21,26)(H,23,28)(H,24,27)(H,25,29)(H,30,31). The van der Waals surface area contributed by atoms with Gasteiger partial charge in [0, 0.05) is 6.42 Å². The van der Waals surface area contributed by atoms with Gasteiger partial charge in [-0.05, 0) is 58.5 Å². The zero-order valence-electron chi connectivity index (χ0n) is 17.8. The topological polar surface area (TPSA) is 206 Å². The highest BCUT2D eigenvalue weighted by Crippen LogP contribution is 2.06. The molecule has 4 atom stereocenters. The number of primary amides is 1. The lowest BCUT2D eigenvalue weighted by molar-refractivity contribution is -0.142. The molecule has 4 amide bonds. The Bertz CT molecular complexity index is 652. The van der Waals surface area contributed by atoms with E-state index in [4.69, 9.17) is 11.5 Å². The van der Waals surface area contributed by atoms with Gasteiger partial charge in [-0.1, -0.05) is 0 Å². The van der Waals surface area contributed by atoms with Crippen molar-refractivity contribution in [3.05, 3.63) is 0 Å². The highest BCUT2D eigenvalue weighted by atomic mass is 16.4. The van der Waals surface area contributed by atoms with Crippen molar-refractivity contribution >= 4 is 29.6 Å². The number of nitrogens with one attached hydrogen (secondary N) is 4. The number of rotatable bonds is 14. The Hall–Kier alpha value is -2.73. The summed E-state index contributed by atoms with van der Waals surface area (Å²) in [5.74, 6) is -3.57. The number of amides is 4. The van der Waals surface area contributed by atoms with Gasteiger partial charge in [-0.25, -0.2) is 4.79 Å². The molecule has 1 heterocycles. The number of nitrogens with two attached hydrogens (primary N) is 2. The van der Waals surface area contributed by atoms with Crippen molar-refractivity contribution in [3.63, 3.8) is 0 Å². The first-order valence-electron chi connectivity index (χ1n) is 10.5. The van der Waals surface area contributed by atoms with E-state index >= 15 is 0 Å². The minimum atomic E-state index is -1.21. The van der Waals surface area contributed by atoms with Gasteiger partial charge in [0.15, 0.2) is 0 Å². The van der Waals surface area contributed by atoms with Crippen LogP contribution >= 0.6 is 0 Å². The second kappa shape index (κ2) is 13.5. The Morgan fingerprint density at radius 2 is 1.71 bits per heavy atom. The van der Waals surface area contributed by atoms with Crippen LogP contribution in [0.3, 0.4) is 0 Å². The summed E-state index contributed by atoms with van der Waals surface area (Å²) in [6.07, 6.45) is 2.53. The maximum Gasteiger partial charge on any atom is 0.326 e. The average Bonchev–Trinajstić information content (AvgIpc) is 3.24. The Kier molecular flexibility index (Phi) is 11.5.